The topological polar surface area (TPSA) is 92.6 Å². The number of nitrogens with zero attached hydrogens (tertiary/aromatic N) is 3. The summed E-state index contributed by atoms with van der Waals surface area (Å²) in [4.78, 5) is 17.3. The molecule has 0 unspecified atom stereocenters. The second-order valence-electron chi connectivity index (χ2n) is 7.67. The minimum atomic E-state index is -4.53. The molecule has 0 amide bonds. The number of benzene rings is 2. The molecule has 2 aromatic heterocycles. The third-order valence-corrected chi connectivity index (χ3v) is 5.52. The van der Waals surface area contributed by atoms with Crippen LogP contribution < -0.4 is 0 Å². The molecule has 0 bridgehead atoms. The molecule has 10 heteroatoms. The van der Waals surface area contributed by atoms with E-state index in [9.17, 15) is 18.0 Å². The number of likely N-dealkylation sites (tertiary alicyclic amines) is 1. The number of carbonyl (C=O) groups is 1. The van der Waals surface area contributed by atoms with Crippen LogP contribution in [0.3, 0.4) is 0 Å². The summed E-state index contributed by atoms with van der Waals surface area (Å²) in [7, 11) is 0. The summed E-state index contributed by atoms with van der Waals surface area (Å²) in [5.41, 5.74) is 0.755. The molecule has 4 aromatic rings. The molecule has 0 spiro atoms. The van der Waals surface area contributed by atoms with Gasteiger partial charge in [0.2, 0.25) is 5.82 Å². The molecule has 3 heterocycles. The molecule has 1 aliphatic rings. The quantitative estimate of drug-likeness (QED) is 0.479. The summed E-state index contributed by atoms with van der Waals surface area (Å²) in [6.45, 7) is 1.61. The SMILES string of the molecule is O=C(O)C1CN(Cc2ccc(-c3noc(-c4cc(C(F)(F)F)co4)n3)c3ccccc23)C1. The van der Waals surface area contributed by atoms with Gasteiger partial charge in [-0.3, -0.25) is 9.69 Å². The van der Waals surface area contributed by atoms with Crippen LogP contribution in [0.25, 0.3) is 33.8 Å². The average molecular weight is 443 g/mol. The van der Waals surface area contributed by atoms with Gasteiger partial charge >= 0.3 is 12.1 Å². The highest BCUT2D eigenvalue weighted by molar-refractivity contribution is 5.97. The maximum atomic E-state index is 12.8. The van der Waals surface area contributed by atoms with E-state index >= 15 is 0 Å². The summed E-state index contributed by atoms with van der Waals surface area (Å²) >= 11 is 0. The number of carboxylic acids is 1. The molecule has 0 radical (unpaired) electrons. The van der Waals surface area contributed by atoms with Crippen LogP contribution in [-0.2, 0) is 17.5 Å². The normalized spacial score (nSPS) is 15.2. The number of hydrogen-bond acceptors (Lipinski definition) is 6. The first-order valence-electron chi connectivity index (χ1n) is 9.75. The molecular formula is C22H16F3N3O4. The molecule has 0 atom stereocenters. The Morgan fingerprint density at radius 2 is 1.91 bits per heavy atom. The highest BCUT2D eigenvalue weighted by Gasteiger charge is 2.34. The van der Waals surface area contributed by atoms with E-state index < -0.39 is 17.7 Å². The Labute approximate surface area is 179 Å². The second-order valence-corrected chi connectivity index (χ2v) is 7.67. The fraction of sp³-hybridized carbons (Fsp3) is 0.227. The first kappa shape index (κ1) is 20.3. The number of hydrogen-bond donors (Lipinski definition) is 1. The highest BCUT2D eigenvalue weighted by atomic mass is 19.4. The van der Waals surface area contributed by atoms with E-state index in [1.165, 1.54) is 0 Å². The number of furan rings is 1. The van der Waals surface area contributed by atoms with Crippen LogP contribution >= 0.6 is 0 Å². The summed E-state index contributed by atoms with van der Waals surface area (Å²) in [5.74, 6) is -1.21. The summed E-state index contributed by atoms with van der Waals surface area (Å²) < 4.78 is 48.6. The summed E-state index contributed by atoms with van der Waals surface area (Å²) in [6.07, 6.45) is -3.92. The maximum Gasteiger partial charge on any atom is 0.419 e. The van der Waals surface area contributed by atoms with Gasteiger partial charge in [-0.2, -0.15) is 18.2 Å². The monoisotopic (exact) mass is 443 g/mol. The molecule has 0 aliphatic carbocycles. The zero-order valence-electron chi connectivity index (χ0n) is 16.5. The van der Waals surface area contributed by atoms with Gasteiger partial charge in [0.05, 0.1) is 11.5 Å². The van der Waals surface area contributed by atoms with E-state index in [2.05, 4.69) is 15.0 Å². The van der Waals surface area contributed by atoms with Crippen molar-refractivity contribution in [1.82, 2.24) is 15.0 Å². The summed E-state index contributed by atoms with van der Waals surface area (Å²) in [6, 6.07) is 12.2. The number of halogens is 3. The van der Waals surface area contributed by atoms with Gasteiger partial charge in [0.15, 0.2) is 5.76 Å². The zero-order valence-corrected chi connectivity index (χ0v) is 16.5. The lowest BCUT2D eigenvalue weighted by Crippen LogP contribution is -2.49. The lowest BCUT2D eigenvalue weighted by atomic mass is 9.95. The van der Waals surface area contributed by atoms with E-state index in [4.69, 9.17) is 14.0 Å². The predicted octanol–water partition coefficient (Wildman–Crippen LogP) is 4.69. The van der Waals surface area contributed by atoms with Crippen LogP contribution in [0, 0.1) is 5.92 Å². The molecular weight excluding hydrogens is 427 g/mol. The van der Waals surface area contributed by atoms with Gasteiger partial charge in [0.1, 0.15) is 6.26 Å². The lowest BCUT2D eigenvalue weighted by Gasteiger charge is -2.36. The highest BCUT2D eigenvalue weighted by Crippen LogP contribution is 2.35. The Kier molecular flexibility index (Phi) is 4.74. The van der Waals surface area contributed by atoms with Crippen LogP contribution in [-0.4, -0.2) is 39.2 Å². The Bertz CT molecular complexity index is 1310. The Morgan fingerprint density at radius 1 is 1.16 bits per heavy atom. The number of alkyl halides is 3. The largest absolute Gasteiger partial charge is 0.481 e. The van der Waals surface area contributed by atoms with Crippen molar-refractivity contribution in [2.45, 2.75) is 12.7 Å². The van der Waals surface area contributed by atoms with Crippen molar-refractivity contribution in [3.8, 4) is 23.0 Å². The minimum Gasteiger partial charge on any atom is -0.481 e. The Morgan fingerprint density at radius 3 is 2.59 bits per heavy atom. The number of fused-ring (bicyclic) bond motifs is 1. The molecule has 32 heavy (non-hydrogen) atoms. The van der Waals surface area contributed by atoms with Gasteiger partial charge < -0.3 is 14.0 Å². The van der Waals surface area contributed by atoms with E-state index in [0.29, 0.717) is 31.5 Å². The first-order valence-corrected chi connectivity index (χ1v) is 9.75. The third kappa shape index (κ3) is 3.62. The molecule has 2 aromatic carbocycles. The van der Waals surface area contributed by atoms with Crippen LogP contribution in [0.15, 0.2) is 57.7 Å². The smallest absolute Gasteiger partial charge is 0.419 e. The predicted molar refractivity (Wildman–Crippen MR) is 106 cm³/mol. The molecule has 7 nitrogen and oxygen atoms in total. The Hall–Kier alpha value is -3.66. The molecule has 164 valence electrons. The van der Waals surface area contributed by atoms with Crippen molar-refractivity contribution in [3.63, 3.8) is 0 Å². The molecule has 1 fully saturated rings. The fourth-order valence-corrected chi connectivity index (χ4v) is 3.82. The van der Waals surface area contributed by atoms with E-state index in [0.717, 1.165) is 22.4 Å². The molecule has 5 rings (SSSR count). The van der Waals surface area contributed by atoms with Crippen LogP contribution in [0.5, 0.6) is 0 Å². The van der Waals surface area contributed by atoms with Crippen LogP contribution in [0.4, 0.5) is 13.2 Å². The van der Waals surface area contributed by atoms with E-state index in [-0.39, 0.29) is 23.4 Å². The summed E-state index contributed by atoms with van der Waals surface area (Å²) in [5, 5.41) is 14.8. The van der Waals surface area contributed by atoms with Crippen LogP contribution in [0.2, 0.25) is 0 Å². The molecule has 1 aliphatic heterocycles. The fourth-order valence-electron chi connectivity index (χ4n) is 3.82. The van der Waals surface area contributed by atoms with E-state index in [1.54, 1.807) is 0 Å². The van der Waals surface area contributed by atoms with E-state index in [1.807, 2.05) is 36.4 Å². The lowest BCUT2D eigenvalue weighted by molar-refractivity contribution is -0.147. The van der Waals surface area contributed by atoms with Gasteiger partial charge in [-0.05, 0) is 16.3 Å². The first-order chi connectivity index (χ1) is 15.3. The van der Waals surface area contributed by atoms with Gasteiger partial charge in [0, 0.05) is 31.3 Å². The van der Waals surface area contributed by atoms with Crippen molar-refractivity contribution in [2.24, 2.45) is 5.92 Å². The number of aromatic nitrogens is 2. The molecule has 1 saturated heterocycles. The zero-order chi connectivity index (χ0) is 22.5. The van der Waals surface area contributed by atoms with Crippen molar-refractivity contribution >= 4 is 16.7 Å². The van der Waals surface area contributed by atoms with Crippen molar-refractivity contribution in [1.29, 1.82) is 0 Å². The minimum absolute atomic E-state index is 0.149. The molecule has 1 N–H and O–H groups in total. The standard InChI is InChI=1S/C22H16F3N3O4/c23-22(24,25)14-7-18(31-11-14)20-26-19(27-32-20)17-6-5-12(15-3-1-2-4-16(15)17)8-28-9-13(10-28)21(29)30/h1-7,11,13H,8-10H2,(H,29,30). The van der Waals surface area contributed by atoms with Gasteiger partial charge in [-0.15, -0.1) is 0 Å². The van der Waals surface area contributed by atoms with Gasteiger partial charge in [0.25, 0.3) is 5.89 Å². The number of rotatable bonds is 5. The third-order valence-electron chi connectivity index (χ3n) is 5.52. The molecule has 0 saturated carbocycles. The van der Waals surface area contributed by atoms with Gasteiger partial charge in [-0.25, -0.2) is 0 Å². The number of aliphatic carboxylic acids is 1. The second kappa shape index (κ2) is 7.49. The van der Waals surface area contributed by atoms with Crippen molar-refractivity contribution in [2.75, 3.05) is 13.1 Å². The maximum absolute atomic E-state index is 12.8. The van der Waals surface area contributed by atoms with Crippen molar-refractivity contribution < 1.29 is 32.0 Å². The average Bonchev–Trinajstić information content (AvgIpc) is 3.39. The Balaban J connectivity index is 1.44. The van der Waals surface area contributed by atoms with Gasteiger partial charge in [-0.1, -0.05) is 41.6 Å². The van der Waals surface area contributed by atoms with Crippen molar-refractivity contribution in [3.05, 3.63) is 59.9 Å². The number of carboxylic acid groups (broad SMARTS) is 1. The van der Waals surface area contributed by atoms with Crippen LogP contribution in [0.1, 0.15) is 11.1 Å².